The first kappa shape index (κ1) is 61.0. The van der Waals surface area contributed by atoms with E-state index in [2.05, 4.69) is 0 Å². The quantitative estimate of drug-likeness (QED) is 0.0546. The van der Waals surface area contributed by atoms with Gasteiger partial charge in [0.25, 0.3) is 0 Å². The minimum Gasteiger partial charge on any atom is -0.481 e. The van der Waals surface area contributed by atoms with Gasteiger partial charge in [0.2, 0.25) is 0 Å². The Kier molecular flexibility index (Phi) is 45.0. The second-order valence-corrected chi connectivity index (χ2v) is 11.6. The van der Waals surface area contributed by atoms with Crippen molar-refractivity contribution in [2.75, 3.05) is 13.1 Å². The van der Waals surface area contributed by atoms with Gasteiger partial charge in [0.05, 0.1) is 6.10 Å². The Bertz CT molecular complexity index is 979. The van der Waals surface area contributed by atoms with E-state index in [1.54, 1.807) is 0 Å². The molecule has 0 spiro atoms. The van der Waals surface area contributed by atoms with Crippen molar-refractivity contribution in [2.45, 2.75) is 128 Å². The number of aliphatic carboxylic acids is 7. The number of hydrogen-bond donors (Lipinski definition) is 16. The van der Waals surface area contributed by atoms with E-state index < -0.39 is 84.1 Å². The second-order valence-electron chi connectivity index (χ2n) is 11.6. The second kappa shape index (κ2) is 39.1. The number of nitrogens with two attached hydrogens (primary N) is 8. The maximum Gasteiger partial charge on any atom is 0.323 e. The highest BCUT2D eigenvalue weighted by molar-refractivity contribution is 5.75. The zero-order valence-corrected chi connectivity index (χ0v) is 31.0. The topological polar surface area (TPSA) is 489 Å². The fourth-order valence-electron chi connectivity index (χ4n) is 2.48. The molecular formula is C30H66N8O15. The van der Waals surface area contributed by atoms with Crippen LogP contribution in [0.25, 0.3) is 0 Å². The molecule has 0 bridgehead atoms. The molecule has 24 N–H and O–H groups in total. The van der Waals surface area contributed by atoms with E-state index in [0.29, 0.717) is 38.3 Å². The zero-order valence-electron chi connectivity index (χ0n) is 31.0. The lowest BCUT2D eigenvalue weighted by atomic mass is 10.1. The molecule has 0 unspecified atom stereocenters. The average molecular weight is 779 g/mol. The monoisotopic (exact) mass is 778 g/mol. The van der Waals surface area contributed by atoms with Gasteiger partial charge in [0, 0.05) is 6.42 Å². The first-order chi connectivity index (χ1) is 24.1. The van der Waals surface area contributed by atoms with Crippen LogP contribution in [0, 0.1) is 5.92 Å². The van der Waals surface area contributed by atoms with Gasteiger partial charge in [-0.25, -0.2) is 0 Å². The predicted octanol–water partition coefficient (Wildman–Crippen LogP) is -3.04. The number of aliphatic hydroxyl groups excluding tert-OH is 1. The van der Waals surface area contributed by atoms with Crippen molar-refractivity contribution < 1.29 is 74.4 Å². The largest absolute Gasteiger partial charge is 0.481 e. The fourth-order valence-corrected chi connectivity index (χ4v) is 2.48. The van der Waals surface area contributed by atoms with Crippen molar-refractivity contribution in [3.8, 4) is 0 Å². The summed E-state index contributed by atoms with van der Waals surface area (Å²) in [7, 11) is 0. The van der Waals surface area contributed by atoms with E-state index in [1.165, 1.54) is 13.8 Å². The number of aliphatic hydroxyl groups is 1. The molecule has 0 aromatic rings. The van der Waals surface area contributed by atoms with Crippen molar-refractivity contribution in [3.63, 3.8) is 0 Å². The maximum absolute atomic E-state index is 10.1. The first-order valence-electron chi connectivity index (χ1n) is 16.3. The number of hydrogen-bond acceptors (Lipinski definition) is 16. The number of carboxylic acids is 7. The Balaban J connectivity index is -0.000000126. The highest BCUT2D eigenvalue weighted by atomic mass is 16.4. The van der Waals surface area contributed by atoms with Crippen LogP contribution < -0.4 is 45.9 Å². The van der Waals surface area contributed by atoms with Crippen LogP contribution in [0.1, 0.15) is 85.5 Å². The van der Waals surface area contributed by atoms with Gasteiger partial charge in [-0.3, -0.25) is 33.6 Å². The molecule has 0 aromatic heterocycles. The third-order valence-corrected chi connectivity index (χ3v) is 5.80. The Labute approximate surface area is 309 Å². The van der Waals surface area contributed by atoms with Gasteiger partial charge in [0.1, 0.15) is 36.3 Å². The molecule has 0 saturated heterocycles. The van der Waals surface area contributed by atoms with Crippen molar-refractivity contribution in [1.82, 2.24) is 0 Å². The average Bonchev–Trinajstić information content (AvgIpc) is 3.04. The number of rotatable bonds is 20. The third kappa shape index (κ3) is 54.9. The summed E-state index contributed by atoms with van der Waals surface area (Å²) in [5.41, 5.74) is 40.8. The van der Waals surface area contributed by atoms with Crippen LogP contribution in [-0.2, 0) is 33.6 Å². The minimum atomic E-state index is -1.18. The molecule has 23 nitrogen and oxygen atoms in total. The summed E-state index contributed by atoms with van der Waals surface area (Å²) in [6.07, 6.45) is 3.68. The van der Waals surface area contributed by atoms with Crippen molar-refractivity contribution in [2.24, 2.45) is 51.8 Å². The minimum absolute atomic E-state index is 0.0231. The van der Waals surface area contributed by atoms with E-state index in [-0.39, 0.29) is 12.8 Å². The number of carbonyl (C=O) groups is 7. The van der Waals surface area contributed by atoms with Crippen LogP contribution in [0.3, 0.4) is 0 Å². The lowest BCUT2D eigenvalue weighted by Crippen LogP contribution is -2.39. The molecule has 0 aliphatic rings. The van der Waals surface area contributed by atoms with Crippen LogP contribution in [0.4, 0.5) is 0 Å². The smallest absolute Gasteiger partial charge is 0.323 e. The lowest BCUT2D eigenvalue weighted by Gasteiger charge is -2.07. The molecule has 0 amide bonds. The summed E-state index contributed by atoms with van der Waals surface area (Å²) in [5, 5.41) is 65.6. The van der Waals surface area contributed by atoms with E-state index in [0.717, 1.165) is 25.7 Å². The first-order valence-corrected chi connectivity index (χ1v) is 16.3. The molecule has 0 heterocycles. The maximum atomic E-state index is 10.1. The summed E-state index contributed by atoms with van der Waals surface area (Å²) in [4.78, 5) is 69.7. The van der Waals surface area contributed by atoms with Crippen molar-refractivity contribution >= 4 is 41.8 Å². The molecule has 0 aromatic carbocycles. The fraction of sp³-hybridized carbons (Fsp3) is 0.767. The molecule has 23 heteroatoms. The highest BCUT2D eigenvalue weighted by Crippen LogP contribution is 2.02. The van der Waals surface area contributed by atoms with Crippen molar-refractivity contribution in [1.29, 1.82) is 0 Å². The Morgan fingerprint density at radius 2 is 0.774 bits per heavy atom. The van der Waals surface area contributed by atoms with E-state index in [4.69, 9.17) is 86.7 Å². The predicted molar refractivity (Wildman–Crippen MR) is 193 cm³/mol. The third-order valence-electron chi connectivity index (χ3n) is 5.80. The SMILES string of the molecule is CC(C)C[C@H](N)C(=O)O.C[C@@H](O)[C@H](N)C(=O)O.C[C@H](N)C(=O)O.NCCCC[C@H](N)C(=O)O.NCCCC[C@H](N)C(=O)O.N[C@@H](CCC(=O)O)C(=O)O. The Morgan fingerprint density at radius 1 is 0.472 bits per heavy atom. The molecule has 53 heavy (non-hydrogen) atoms. The molecule has 316 valence electrons. The number of carboxylic acid groups (broad SMARTS) is 7. The molecule has 7 atom stereocenters. The van der Waals surface area contributed by atoms with Crippen LogP contribution in [0.15, 0.2) is 0 Å². The highest BCUT2D eigenvalue weighted by Gasteiger charge is 2.16. The standard InChI is InChI=1S/2C6H14N2O2.C6H13NO2.C5H9NO4.C4H9NO3.C3H7NO2/c2*7-4-2-1-3-5(8)6(9)10;1-4(2)3-5(7)6(8)9;6-3(5(9)10)1-2-4(7)8;1-2(6)3(5)4(7)8;1-2(4)3(5)6/h2*5H,1-4,7-8H2,(H,9,10);4-5H,3,7H2,1-2H3,(H,8,9);3H,1-2,6H2,(H,7,8)(H,9,10);2-3,6H,5H2,1H3,(H,7,8);2H,4H2,1H3,(H,5,6)/t3*5-;3-;2-,3+;2-/m000010/s1. The lowest BCUT2D eigenvalue weighted by molar-refractivity contribution is -0.141. The molecule has 0 aliphatic carbocycles. The molecule has 0 aliphatic heterocycles. The normalized spacial score (nSPS) is 13.8. The summed E-state index contributed by atoms with van der Waals surface area (Å²) >= 11 is 0. The van der Waals surface area contributed by atoms with Gasteiger partial charge >= 0.3 is 41.8 Å². The molecule has 0 fully saturated rings. The molecule has 0 rings (SSSR count). The van der Waals surface area contributed by atoms with Gasteiger partial charge in [0.15, 0.2) is 0 Å². The van der Waals surface area contributed by atoms with Crippen LogP contribution in [0.2, 0.25) is 0 Å². The molecule has 0 radical (unpaired) electrons. The molecular weight excluding hydrogens is 712 g/mol. The van der Waals surface area contributed by atoms with Gasteiger partial charge in [-0.1, -0.05) is 26.7 Å². The van der Waals surface area contributed by atoms with Gasteiger partial charge < -0.3 is 86.7 Å². The van der Waals surface area contributed by atoms with Gasteiger partial charge in [-0.2, -0.15) is 0 Å². The van der Waals surface area contributed by atoms with Crippen LogP contribution in [-0.4, -0.2) is 138 Å². The Morgan fingerprint density at radius 3 is 0.925 bits per heavy atom. The van der Waals surface area contributed by atoms with Crippen LogP contribution >= 0.6 is 0 Å². The summed E-state index contributed by atoms with van der Waals surface area (Å²) in [6.45, 7) is 7.85. The van der Waals surface area contributed by atoms with Crippen molar-refractivity contribution in [3.05, 3.63) is 0 Å². The number of unbranched alkanes of at least 4 members (excludes halogenated alkanes) is 2. The van der Waals surface area contributed by atoms with E-state index in [1.807, 2.05) is 13.8 Å². The van der Waals surface area contributed by atoms with Gasteiger partial charge in [-0.05, 0) is 71.4 Å². The van der Waals surface area contributed by atoms with Crippen LogP contribution in [0.5, 0.6) is 0 Å². The summed E-state index contributed by atoms with van der Waals surface area (Å²) < 4.78 is 0. The summed E-state index contributed by atoms with van der Waals surface area (Å²) in [6, 6.07) is -5.07. The Hall–Kier alpha value is -4.07. The molecule has 0 saturated carbocycles. The van der Waals surface area contributed by atoms with E-state index in [9.17, 15) is 33.6 Å². The summed E-state index contributed by atoms with van der Waals surface area (Å²) in [5.74, 6) is -6.76. The van der Waals surface area contributed by atoms with Gasteiger partial charge in [-0.15, -0.1) is 0 Å². The van der Waals surface area contributed by atoms with E-state index >= 15 is 0 Å². The zero-order chi connectivity index (χ0) is 43.4.